The van der Waals surface area contributed by atoms with E-state index >= 15 is 0 Å². The van der Waals surface area contributed by atoms with Crippen LogP contribution < -0.4 is 10.6 Å². The van der Waals surface area contributed by atoms with Crippen LogP contribution in [0.1, 0.15) is 17.9 Å². The molecule has 0 spiro atoms. The molecule has 0 radical (unpaired) electrons. The molecule has 0 saturated carbocycles. The quantitative estimate of drug-likeness (QED) is 0.179. The molecular formula is C52H38N4. The third-order valence-electron chi connectivity index (χ3n) is 11.4. The summed E-state index contributed by atoms with van der Waals surface area (Å²) in [5, 5.41) is 12.5. The molecule has 4 heteroatoms. The van der Waals surface area contributed by atoms with Gasteiger partial charge in [0.2, 0.25) is 0 Å². The predicted molar refractivity (Wildman–Crippen MR) is 234 cm³/mol. The first-order valence-corrected chi connectivity index (χ1v) is 19.3. The van der Waals surface area contributed by atoms with Gasteiger partial charge < -0.3 is 14.5 Å². The van der Waals surface area contributed by atoms with Crippen LogP contribution in [0.4, 0.5) is 0 Å². The van der Waals surface area contributed by atoms with Crippen LogP contribution in [-0.2, 0) is 0 Å². The Hall–Kier alpha value is -7.14. The highest BCUT2D eigenvalue weighted by atomic mass is 15.3. The van der Waals surface area contributed by atoms with Gasteiger partial charge in [-0.15, -0.1) is 0 Å². The van der Waals surface area contributed by atoms with Crippen molar-refractivity contribution in [3.8, 4) is 39.1 Å². The van der Waals surface area contributed by atoms with E-state index in [0.29, 0.717) is 0 Å². The summed E-state index contributed by atoms with van der Waals surface area (Å²) in [6, 6.07) is 70.4. The van der Waals surface area contributed by atoms with Gasteiger partial charge in [-0.05, 0) is 106 Å². The standard InChI is InChI=1S/C52H38N4/c1-3-12-35(13-4-1)38-14-11-15-39(32-38)36-22-24-37(25-23-36)47-30-31-53-52(54-47)56-49-21-10-8-19-44(49)46-34-41(27-29-51(46)56)40-26-28-50-45(33-40)43-18-7-9-20-48(43)55(50)42-16-5-2-6-17-42/h1-34,47,52-54H. The lowest BCUT2D eigenvalue weighted by molar-refractivity contribution is 0.342. The van der Waals surface area contributed by atoms with E-state index in [2.05, 4.69) is 226 Å². The number of hydrogen-bond donors (Lipinski definition) is 2. The van der Waals surface area contributed by atoms with Crippen molar-refractivity contribution >= 4 is 43.6 Å². The van der Waals surface area contributed by atoms with E-state index in [9.17, 15) is 0 Å². The molecule has 0 amide bonds. The number of nitrogens with one attached hydrogen (secondary N) is 2. The molecule has 0 bridgehead atoms. The third kappa shape index (κ3) is 5.42. The van der Waals surface area contributed by atoms with Gasteiger partial charge in [0, 0.05) is 27.2 Å². The van der Waals surface area contributed by atoms with Gasteiger partial charge in [0.15, 0.2) is 6.29 Å². The molecule has 0 fully saturated rings. The Bertz CT molecular complexity index is 3080. The topological polar surface area (TPSA) is 33.9 Å². The highest BCUT2D eigenvalue weighted by Crippen LogP contribution is 2.38. The van der Waals surface area contributed by atoms with Gasteiger partial charge in [-0.2, -0.15) is 0 Å². The predicted octanol–water partition coefficient (Wildman–Crippen LogP) is 12.8. The minimum absolute atomic E-state index is 0.0474. The van der Waals surface area contributed by atoms with Crippen LogP contribution in [-0.4, -0.2) is 9.13 Å². The summed E-state index contributed by atoms with van der Waals surface area (Å²) in [6.07, 6.45) is 4.17. The van der Waals surface area contributed by atoms with Crippen LogP contribution in [0.2, 0.25) is 0 Å². The van der Waals surface area contributed by atoms with E-state index in [1.807, 2.05) is 0 Å². The SMILES string of the molecule is C1=CC(c2ccc(-c3cccc(-c4ccccc4)c3)cc2)NC(n2c3ccccc3c3cc(-c4ccc5c(c4)c4ccccc4n5-c4ccccc4)ccc32)N1. The van der Waals surface area contributed by atoms with Gasteiger partial charge in [0.05, 0.1) is 28.1 Å². The summed E-state index contributed by atoms with van der Waals surface area (Å²) in [6.45, 7) is 0. The molecule has 2 N–H and O–H groups in total. The molecule has 2 atom stereocenters. The van der Waals surface area contributed by atoms with Crippen molar-refractivity contribution < 1.29 is 0 Å². The maximum atomic E-state index is 3.91. The van der Waals surface area contributed by atoms with Crippen LogP contribution in [0.15, 0.2) is 206 Å². The van der Waals surface area contributed by atoms with Crippen molar-refractivity contribution in [1.82, 2.24) is 19.8 Å². The molecule has 1 aliphatic heterocycles. The Kier molecular flexibility index (Phi) is 7.68. The second-order valence-electron chi connectivity index (χ2n) is 14.7. The Morgan fingerprint density at radius 1 is 0.375 bits per heavy atom. The van der Waals surface area contributed by atoms with E-state index in [-0.39, 0.29) is 12.3 Å². The molecule has 1 aliphatic rings. The number of aromatic nitrogens is 2. The lowest BCUT2D eigenvalue weighted by Gasteiger charge is -2.31. The number of benzene rings is 8. The zero-order valence-corrected chi connectivity index (χ0v) is 30.7. The fourth-order valence-corrected chi connectivity index (χ4v) is 8.73. The minimum atomic E-state index is -0.138. The first-order valence-electron chi connectivity index (χ1n) is 19.3. The van der Waals surface area contributed by atoms with Crippen molar-refractivity contribution in [2.45, 2.75) is 12.3 Å². The Morgan fingerprint density at radius 3 is 1.61 bits per heavy atom. The van der Waals surface area contributed by atoms with E-state index < -0.39 is 0 Å². The molecule has 0 saturated heterocycles. The molecule has 11 rings (SSSR count). The third-order valence-corrected chi connectivity index (χ3v) is 11.4. The molecule has 2 aromatic heterocycles. The van der Waals surface area contributed by atoms with Gasteiger partial charge in [0.1, 0.15) is 0 Å². The van der Waals surface area contributed by atoms with E-state index in [1.165, 1.54) is 88.2 Å². The molecule has 0 aliphatic carbocycles. The highest BCUT2D eigenvalue weighted by molar-refractivity contribution is 6.12. The van der Waals surface area contributed by atoms with E-state index in [0.717, 1.165) is 0 Å². The normalized spacial score (nSPS) is 15.5. The van der Waals surface area contributed by atoms with Gasteiger partial charge in [0.25, 0.3) is 0 Å². The second-order valence-corrected chi connectivity index (χ2v) is 14.7. The molecule has 266 valence electrons. The van der Waals surface area contributed by atoms with Gasteiger partial charge in [-0.3, -0.25) is 5.32 Å². The van der Waals surface area contributed by atoms with Gasteiger partial charge in [-0.25, -0.2) is 0 Å². The molecule has 4 nitrogen and oxygen atoms in total. The van der Waals surface area contributed by atoms with Crippen molar-refractivity contribution in [3.63, 3.8) is 0 Å². The smallest absolute Gasteiger partial charge is 0.160 e. The average Bonchev–Trinajstić information content (AvgIpc) is 3.79. The number of nitrogens with zero attached hydrogens (tertiary/aromatic N) is 2. The fraction of sp³-hybridized carbons (Fsp3) is 0.0385. The zero-order valence-electron chi connectivity index (χ0n) is 30.7. The van der Waals surface area contributed by atoms with Crippen molar-refractivity contribution in [1.29, 1.82) is 0 Å². The number of hydrogen-bond acceptors (Lipinski definition) is 2. The lowest BCUT2D eigenvalue weighted by Crippen LogP contribution is -2.40. The van der Waals surface area contributed by atoms with E-state index in [1.54, 1.807) is 0 Å². The maximum absolute atomic E-state index is 3.91. The second kappa shape index (κ2) is 13.3. The fourth-order valence-electron chi connectivity index (χ4n) is 8.73. The first-order chi connectivity index (χ1) is 27.8. The Balaban J connectivity index is 0.927. The van der Waals surface area contributed by atoms with Crippen LogP contribution in [0.25, 0.3) is 82.7 Å². The monoisotopic (exact) mass is 718 g/mol. The van der Waals surface area contributed by atoms with Crippen LogP contribution in [0, 0.1) is 0 Å². The average molecular weight is 719 g/mol. The van der Waals surface area contributed by atoms with Crippen molar-refractivity contribution in [2.75, 3.05) is 0 Å². The van der Waals surface area contributed by atoms with Crippen molar-refractivity contribution in [2.24, 2.45) is 0 Å². The zero-order chi connectivity index (χ0) is 37.0. The minimum Gasteiger partial charge on any atom is -0.359 e. The molecule has 56 heavy (non-hydrogen) atoms. The van der Waals surface area contributed by atoms with Crippen molar-refractivity contribution in [3.05, 3.63) is 212 Å². The molecule has 10 aromatic rings. The Labute approximate surface area is 325 Å². The van der Waals surface area contributed by atoms with Gasteiger partial charge >= 0.3 is 0 Å². The number of fused-ring (bicyclic) bond motifs is 6. The summed E-state index contributed by atoms with van der Waals surface area (Å²) in [7, 11) is 0. The van der Waals surface area contributed by atoms with Crippen LogP contribution >= 0.6 is 0 Å². The summed E-state index contributed by atoms with van der Waals surface area (Å²) in [5.41, 5.74) is 14.5. The summed E-state index contributed by atoms with van der Waals surface area (Å²) < 4.78 is 4.78. The number of para-hydroxylation sites is 3. The summed E-state index contributed by atoms with van der Waals surface area (Å²) in [5.74, 6) is 0. The first kappa shape index (κ1) is 32.3. The molecular weight excluding hydrogens is 681 g/mol. The molecule has 8 aromatic carbocycles. The summed E-state index contributed by atoms with van der Waals surface area (Å²) in [4.78, 5) is 0. The molecule has 3 heterocycles. The van der Waals surface area contributed by atoms with Gasteiger partial charge in [-0.1, -0.05) is 140 Å². The highest BCUT2D eigenvalue weighted by Gasteiger charge is 2.23. The van der Waals surface area contributed by atoms with Crippen LogP contribution in [0.3, 0.4) is 0 Å². The van der Waals surface area contributed by atoms with E-state index in [4.69, 9.17) is 0 Å². The largest absolute Gasteiger partial charge is 0.359 e. The lowest BCUT2D eigenvalue weighted by atomic mass is 9.97. The summed E-state index contributed by atoms with van der Waals surface area (Å²) >= 11 is 0. The molecule has 2 unspecified atom stereocenters. The Morgan fingerprint density at radius 2 is 0.875 bits per heavy atom. The van der Waals surface area contributed by atoms with Crippen LogP contribution in [0.5, 0.6) is 0 Å². The number of rotatable bonds is 6. The maximum Gasteiger partial charge on any atom is 0.160 e.